The molecule has 1 saturated heterocycles. The minimum Gasteiger partial charge on any atom is -0.493 e. The zero-order valence-corrected chi connectivity index (χ0v) is 14.5. The van der Waals surface area contributed by atoms with E-state index in [-0.39, 0.29) is 12.0 Å². The monoisotopic (exact) mass is 340 g/mol. The third-order valence-corrected chi connectivity index (χ3v) is 4.10. The van der Waals surface area contributed by atoms with E-state index in [1.54, 1.807) is 0 Å². The molecule has 1 aliphatic heterocycles. The number of carbonyl (C=O) groups is 1. The Bertz CT molecular complexity index is 673. The third-order valence-electron chi connectivity index (χ3n) is 4.10. The number of anilines is 2. The molecule has 132 valence electrons. The lowest BCUT2D eigenvalue weighted by Gasteiger charge is -2.33. The number of benzene rings is 2. The van der Waals surface area contributed by atoms with Crippen molar-refractivity contribution < 1.29 is 14.3 Å². The maximum Gasteiger partial charge on any atom is 0.227 e. The standard InChI is InChI=1S/C20H24N2O3/c1-16-15-22(12-14-24-16)18-9-7-17(8-10-18)21-20(23)11-13-25-19-5-3-2-4-6-19/h2-10,16H,11-15H2,1H3,(H,21,23). The smallest absolute Gasteiger partial charge is 0.227 e. The zero-order chi connectivity index (χ0) is 17.5. The summed E-state index contributed by atoms with van der Waals surface area (Å²) in [7, 11) is 0. The number of nitrogens with one attached hydrogen (secondary N) is 1. The van der Waals surface area contributed by atoms with E-state index in [1.807, 2.05) is 54.6 Å². The summed E-state index contributed by atoms with van der Waals surface area (Å²) in [6, 6.07) is 17.4. The van der Waals surface area contributed by atoms with Crippen LogP contribution in [0.4, 0.5) is 11.4 Å². The lowest BCUT2D eigenvalue weighted by Crippen LogP contribution is -2.41. The summed E-state index contributed by atoms with van der Waals surface area (Å²) in [4.78, 5) is 14.3. The highest BCUT2D eigenvalue weighted by molar-refractivity contribution is 5.90. The summed E-state index contributed by atoms with van der Waals surface area (Å²) in [6.07, 6.45) is 0.565. The zero-order valence-electron chi connectivity index (χ0n) is 14.5. The normalized spacial score (nSPS) is 17.2. The summed E-state index contributed by atoms with van der Waals surface area (Å²) in [5, 5.41) is 2.90. The van der Waals surface area contributed by atoms with Gasteiger partial charge in [-0.2, -0.15) is 0 Å². The second-order valence-electron chi connectivity index (χ2n) is 6.13. The van der Waals surface area contributed by atoms with Crippen LogP contribution >= 0.6 is 0 Å². The van der Waals surface area contributed by atoms with Crippen LogP contribution in [0.3, 0.4) is 0 Å². The van der Waals surface area contributed by atoms with Crippen LogP contribution in [0.1, 0.15) is 13.3 Å². The SMILES string of the molecule is CC1CN(c2ccc(NC(=O)CCOc3ccccc3)cc2)CCO1. The highest BCUT2D eigenvalue weighted by Gasteiger charge is 2.16. The molecule has 0 radical (unpaired) electrons. The highest BCUT2D eigenvalue weighted by Crippen LogP contribution is 2.20. The average molecular weight is 340 g/mol. The van der Waals surface area contributed by atoms with Crippen molar-refractivity contribution in [2.24, 2.45) is 0 Å². The first-order chi connectivity index (χ1) is 12.2. The Balaban J connectivity index is 1.45. The Labute approximate surface area is 148 Å². The molecule has 5 heteroatoms. The highest BCUT2D eigenvalue weighted by atomic mass is 16.5. The quantitative estimate of drug-likeness (QED) is 0.876. The number of morpholine rings is 1. The van der Waals surface area contributed by atoms with Crippen LogP contribution in [0.15, 0.2) is 54.6 Å². The Hall–Kier alpha value is -2.53. The van der Waals surface area contributed by atoms with Gasteiger partial charge in [0.2, 0.25) is 5.91 Å². The maximum atomic E-state index is 12.0. The van der Waals surface area contributed by atoms with E-state index in [0.29, 0.717) is 13.0 Å². The molecule has 2 aromatic rings. The largest absolute Gasteiger partial charge is 0.493 e. The van der Waals surface area contributed by atoms with E-state index < -0.39 is 0 Å². The lowest BCUT2D eigenvalue weighted by atomic mass is 10.2. The summed E-state index contributed by atoms with van der Waals surface area (Å²) < 4.78 is 11.1. The minimum absolute atomic E-state index is 0.0522. The summed E-state index contributed by atoms with van der Waals surface area (Å²) in [6.45, 7) is 4.98. The molecule has 0 aromatic heterocycles. The van der Waals surface area contributed by atoms with Crippen molar-refractivity contribution in [3.05, 3.63) is 54.6 Å². The molecule has 0 aliphatic carbocycles. The van der Waals surface area contributed by atoms with Crippen LogP contribution in [0.5, 0.6) is 5.75 Å². The molecule has 2 aromatic carbocycles. The van der Waals surface area contributed by atoms with Gasteiger partial charge in [-0.25, -0.2) is 0 Å². The fraction of sp³-hybridized carbons (Fsp3) is 0.350. The molecule has 1 atom stereocenters. The Morgan fingerprint density at radius 1 is 1.20 bits per heavy atom. The van der Waals surface area contributed by atoms with E-state index >= 15 is 0 Å². The molecule has 0 saturated carbocycles. The van der Waals surface area contributed by atoms with Crippen LogP contribution in [0.2, 0.25) is 0 Å². The number of rotatable bonds is 6. The van der Waals surface area contributed by atoms with Gasteiger partial charge in [-0.05, 0) is 43.3 Å². The number of carbonyl (C=O) groups excluding carboxylic acids is 1. The van der Waals surface area contributed by atoms with E-state index in [0.717, 1.165) is 36.8 Å². The van der Waals surface area contributed by atoms with Crippen LogP contribution in [0.25, 0.3) is 0 Å². The molecule has 0 bridgehead atoms. The predicted molar refractivity (Wildman–Crippen MR) is 99.3 cm³/mol. The van der Waals surface area contributed by atoms with Gasteiger partial charge in [-0.1, -0.05) is 18.2 Å². The van der Waals surface area contributed by atoms with E-state index in [4.69, 9.17) is 9.47 Å². The maximum absolute atomic E-state index is 12.0. The topological polar surface area (TPSA) is 50.8 Å². The molecule has 1 aliphatic rings. The van der Waals surface area contributed by atoms with Gasteiger partial charge in [0.1, 0.15) is 5.75 Å². The molecule has 1 amide bonds. The predicted octanol–water partition coefficient (Wildman–Crippen LogP) is 3.32. The minimum atomic E-state index is -0.0522. The Morgan fingerprint density at radius 2 is 1.96 bits per heavy atom. The second kappa shape index (κ2) is 8.53. The number of hydrogen-bond donors (Lipinski definition) is 1. The van der Waals surface area contributed by atoms with Gasteiger partial charge in [0, 0.05) is 24.5 Å². The van der Waals surface area contributed by atoms with Crippen molar-refractivity contribution in [1.29, 1.82) is 0 Å². The third kappa shape index (κ3) is 5.22. The fourth-order valence-electron chi connectivity index (χ4n) is 2.81. The van der Waals surface area contributed by atoms with Gasteiger partial charge in [-0.15, -0.1) is 0 Å². The van der Waals surface area contributed by atoms with E-state index in [9.17, 15) is 4.79 Å². The average Bonchev–Trinajstić information content (AvgIpc) is 2.63. The molecule has 3 rings (SSSR count). The van der Waals surface area contributed by atoms with Crippen LogP contribution in [0, 0.1) is 0 Å². The van der Waals surface area contributed by atoms with Crippen molar-refractivity contribution in [2.45, 2.75) is 19.4 Å². The van der Waals surface area contributed by atoms with Crippen molar-refractivity contribution in [3.63, 3.8) is 0 Å². The fourth-order valence-corrected chi connectivity index (χ4v) is 2.81. The first-order valence-corrected chi connectivity index (χ1v) is 8.65. The number of ether oxygens (including phenoxy) is 2. The number of para-hydroxylation sites is 1. The molecule has 0 spiro atoms. The van der Waals surface area contributed by atoms with Gasteiger partial charge in [0.15, 0.2) is 0 Å². The molecule has 1 unspecified atom stereocenters. The number of amides is 1. The molecule has 1 heterocycles. The number of hydrogen-bond acceptors (Lipinski definition) is 4. The van der Waals surface area contributed by atoms with Crippen molar-refractivity contribution in [1.82, 2.24) is 0 Å². The first kappa shape index (κ1) is 17.3. The van der Waals surface area contributed by atoms with Crippen molar-refractivity contribution in [3.8, 4) is 5.75 Å². The molecular formula is C20H24N2O3. The van der Waals surface area contributed by atoms with Gasteiger partial charge in [0.25, 0.3) is 0 Å². The molecule has 25 heavy (non-hydrogen) atoms. The van der Waals surface area contributed by atoms with Gasteiger partial charge in [0.05, 0.1) is 25.7 Å². The van der Waals surface area contributed by atoms with Gasteiger partial charge >= 0.3 is 0 Å². The van der Waals surface area contributed by atoms with E-state index in [1.165, 1.54) is 0 Å². The van der Waals surface area contributed by atoms with Crippen LogP contribution in [-0.2, 0) is 9.53 Å². The summed E-state index contributed by atoms with van der Waals surface area (Å²) in [5.74, 6) is 0.725. The van der Waals surface area contributed by atoms with Crippen LogP contribution in [-0.4, -0.2) is 38.3 Å². The van der Waals surface area contributed by atoms with Gasteiger partial charge < -0.3 is 19.7 Å². The molecular weight excluding hydrogens is 316 g/mol. The summed E-state index contributed by atoms with van der Waals surface area (Å²) >= 11 is 0. The molecule has 1 N–H and O–H groups in total. The Morgan fingerprint density at radius 3 is 2.68 bits per heavy atom. The summed E-state index contributed by atoms with van der Waals surface area (Å²) in [5.41, 5.74) is 1.95. The van der Waals surface area contributed by atoms with Crippen molar-refractivity contribution in [2.75, 3.05) is 36.5 Å². The Kier molecular flexibility index (Phi) is 5.90. The second-order valence-corrected chi connectivity index (χ2v) is 6.13. The molecule has 1 fully saturated rings. The van der Waals surface area contributed by atoms with Crippen LogP contribution < -0.4 is 15.0 Å². The lowest BCUT2D eigenvalue weighted by molar-refractivity contribution is -0.116. The molecule has 5 nitrogen and oxygen atoms in total. The van der Waals surface area contributed by atoms with Crippen molar-refractivity contribution >= 4 is 17.3 Å². The van der Waals surface area contributed by atoms with Gasteiger partial charge in [-0.3, -0.25) is 4.79 Å². The number of nitrogens with zero attached hydrogens (tertiary/aromatic N) is 1. The first-order valence-electron chi connectivity index (χ1n) is 8.65. The van der Waals surface area contributed by atoms with E-state index in [2.05, 4.69) is 17.1 Å².